The van der Waals surface area contributed by atoms with E-state index in [2.05, 4.69) is 4.98 Å². The third kappa shape index (κ3) is 2.04. The Balaban J connectivity index is 2.92. The van der Waals surface area contributed by atoms with Crippen LogP contribution in [0.5, 0.6) is 5.75 Å². The molecule has 0 aliphatic carbocycles. The Morgan fingerprint density at radius 1 is 1.39 bits per heavy atom. The Morgan fingerprint density at radius 3 is 2.50 bits per heavy atom. The van der Waals surface area contributed by atoms with Crippen LogP contribution in [0.4, 0.5) is 13.2 Å². The highest BCUT2D eigenvalue weighted by Gasteiger charge is 2.36. The lowest BCUT2D eigenvalue weighted by Gasteiger charge is -2.15. The van der Waals surface area contributed by atoms with Gasteiger partial charge in [-0.2, -0.15) is 13.2 Å². The molecule has 2 aromatic rings. The van der Waals surface area contributed by atoms with Crippen molar-refractivity contribution in [2.24, 2.45) is 0 Å². The molecule has 7 heteroatoms. The second kappa shape index (κ2) is 4.29. The number of rotatable bonds is 1. The molecule has 0 unspecified atom stereocenters. The highest BCUT2D eigenvalue weighted by Crippen LogP contribution is 2.40. The van der Waals surface area contributed by atoms with E-state index in [1.54, 1.807) is 36.4 Å². The maximum Gasteiger partial charge on any atom is 0.418 e. The summed E-state index contributed by atoms with van der Waals surface area (Å²) >= 11 is 1.79. The maximum atomic E-state index is 13.0. The topological polar surface area (TPSA) is 38.0 Å². The average molecular weight is 370 g/mol. The largest absolute Gasteiger partial charge is 0.507 e. The number of hydrogen-bond acceptors (Lipinski definition) is 2. The van der Waals surface area contributed by atoms with Gasteiger partial charge in [-0.3, -0.25) is 0 Å². The number of hydrogen-bond donors (Lipinski definition) is 1. The second-order valence-corrected chi connectivity index (χ2v) is 5.28. The van der Waals surface area contributed by atoms with Gasteiger partial charge < -0.3 is 9.67 Å². The number of benzene rings is 1. The van der Waals surface area contributed by atoms with Crippen LogP contribution in [-0.2, 0) is 6.18 Å². The monoisotopic (exact) mass is 370 g/mol. The molecule has 3 nitrogen and oxygen atoms in total. The van der Waals surface area contributed by atoms with E-state index >= 15 is 0 Å². The lowest BCUT2D eigenvalue weighted by atomic mass is 10.1. The summed E-state index contributed by atoms with van der Waals surface area (Å²) in [7, 11) is 0. The van der Waals surface area contributed by atoms with E-state index in [1.165, 1.54) is 10.9 Å². The Morgan fingerprint density at radius 2 is 2.00 bits per heavy atom. The molecule has 0 saturated heterocycles. The Labute approximate surface area is 115 Å². The summed E-state index contributed by atoms with van der Waals surface area (Å²) in [5.41, 5.74) is -0.669. The summed E-state index contributed by atoms with van der Waals surface area (Å²) in [6, 6.07) is 0.612. The first-order valence-corrected chi connectivity index (χ1v) is 6.26. The smallest absolute Gasteiger partial charge is 0.418 e. The quantitative estimate of drug-likeness (QED) is 0.773. The molecule has 0 aliphatic rings. The van der Waals surface area contributed by atoms with Crippen molar-refractivity contribution in [2.45, 2.75) is 26.1 Å². The van der Waals surface area contributed by atoms with Crippen molar-refractivity contribution in [3.05, 3.63) is 21.5 Å². The van der Waals surface area contributed by atoms with Crippen molar-refractivity contribution in [1.29, 1.82) is 0 Å². The average Bonchev–Trinajstić information content (AvgIpc) is 2.66. The van der Waals surface area contributed by atoms with Gasteiger partial charge in [-0.1, -0.05) is 0 Å². The SMILES string of the molecule is CC(C)n1cnc2c(I)c(O)cc(C(F)(F)F)c21. The van der Waals surface area contributed by atoms with Gasteiger partial charge in [0, 0.05) is 6.04 Å². The van der Waals surface area contributed by atoms with Crippen molar-refractivity contribution >= 4 is 33.6 Å². The molecule has 1 heterocycles. The molecule has 18 heavy (non-hydrogen) atoms. The van der Waals surface area contributed by atoms with E-state index in [-0.39, 0.29) is 17.1 Å². The molecule has 98 valence electrons. The van der Waals surface area contributed by atoms with Gasteiger partial charge >= 0.3 is 6.18 Å². The summed E-state index contributed by atoms with van der Waals surface area (Å²) < 4.78 is 40.8. The molecule has 0 atom stereocenters. The third-order valence-electron chi connectivity index (χ3n) is 2.62. The number of aromatic nitrogens is 2. The Hall–Kier alpha value is -0.990. The van der Waals surface area contributed by atoms with Gasteiger partial charge in [0.25, 0.3) is 0 Å². The Bertz CT molecular complexity index is 604. The molecule has 1 aromatic heterocycles. The standard InChI is InChI=1S/C11H10F3IN2O/c1-5(2)17-4-16-9-8(15)7(18)3-6(10(9)17)11(12,13)14/h3-5,18H,1-2H3. The molecule has 0 bridgehead atoms. The van der Waals surface area contributed by atoms with Crippen LogP contribution in [-0.4, -0.2) is 14.7 Å². The lowest BCUT2D eigenvalue weighted by Crippen LogP contribution is -2.10. The zero-order chi connectivity index (χ0) is 13.7. The minimum atomic E-state index is -4.52. The molecular weight excluding hydrogens is 360 g/mol. The normalized spacial score (nSPS) is 12.6. The first kappa shape index (κ1) is 13.4. The fourth-order valence-electron chi connectivity index (χ4n) is 1.79. The van der Waals surface area contributed by atoms with Crippen molar-refractivity contribution in [3.63, 3.8) is 0 Å². The third-order valence-corrected chi connectivity index (χ3v) is 3.69. The maximum absolute atomic E-state index is 13.0. The van der Waals surface area contributed by atoms with Crippen molar-refractivity contribution < 1.29 is 18.3 Å². The van der Waals surface area contributed by atoms with E-state index in [0.717, 1.165) is 6.07 Å². The molecule has 0 saturated carbocycles. The molecule has 0 radical (unpaired) electrons. The van der Waals surface area contributed by atoms with Crippen LogP contribution in [0.25, 0.3) is 11.0 Å². The number of phenolic OH excluding ortho intramolecular Hbond substituents is 1. The molecule has 0 aliphatic heterocycles. The van der Waals surface area contributed by atoms with Gasteiger partial charge in [0.15, 0.2) is 0 Å². The molecular formula is C11H10F3IN2O. The van der Waals surface area contributed by atoms with E-state index < -0.39 is 17.5 Å². The van der Waals surface area contributed by atoms with Gasteiger partial charge in [0.05, 0.1) is 21.0 Å². The molecule has 0 amide bonds. The van der Waals surface area contributed by atoms with Crippen molar-refractivity contribution in [1.82, 2.24) is 9.55 Å². The predicted octanol–water partition coefficient (Wildman–Crippen LogP) is 3.95. The number of nitrogens with zero attached hydrogens (tertiary/aromatic N) is 2. The van der Waals surface area contributed by atoms with E-state index in [1.807, 2.05) is 0 Å². The van der Waals surface area contributed by atoms with Gasteiger partial charge in [0.1, 0.15) is 11.3 Å². The molecule has 1 aromatic carbocycles. The number of halogens is 4. The minimum Gasteiger partial charge on any atom is -0.507 e. The van der Waals surface area contributed by atoms with Crippen LogP contribution in [0.15, 0.2) is 12.4 Å². The zero-order valence-corrected chi connectivity index (χ0v) is 11.7. The van der Waals surface area contributed by atoms with Crippen LogP contribution in [0.3, 0.4) is 0 Å². The lowest BCUT2D eigenvalue weighted by molar-refractivity contribution is -0.136. The highest BCUT2D eigenvalue weighted by atomic mass is 127. The van der Waals surface area contributed by atoms with Gasteiger partial charge in [-0.05, 0) is 42.5 Å². The molecule has 2 rings (SSSR count). The summed E-state index contributed by atoms with van der Waals surface area (Å²) in [5.74, 6) is -0.399. The van der Waals surface area contributed by atoms with Crippen LogP contribution >= 0.6 is 22.6 Å². The highest BCUT2D eigenvalue weighted by molar-refractivity contribution is 14.1. The summed E-state index contributed by atoms with van der Waals surface area (Å²) in [5, 5.41) is 9.55. The number of alkyl halides is 3. The van der Waals surface area contributed by atoms with Crippen LogP contribution in [0.1, 0.15) is 25.5 Å². The minimum absolute atomic E-state index is 0.0136. The number of phenols is 1. The predicted molar refractivity (Wildman–Crippen MR) is 69.5 cm³/mol. The van der Waals surface area contributed by atoms with Crippen LogP contribution < -0.4 is 0 Å². The number of imidazole rings is 1. The summed E-state index contributed by atoms with van der Waals surface area (Å²) in [4.78, 5) is 3.97. The first-order valence-electron chi connectivity index (χ1n) is 5.18. The van der Waals surface area contributed by atoms with Gasteiger partial charge in [-0.15, -0.1) is 0 Å². The van der Waals surface area contributed by atoms with Crippen LogP contribution in [0, 0.1) is 3.57 Å². The Kier molecular flexibility index (Phi) is 3.20. The summed E-state index contributed by atoms with van der Waals surface area (Å²) in [6.45, 7) is 3.56. The number of aromatic hydroxyl groups is 1. The molecule has 0 spiro atoms. The van der Waals surface area contributed by atoms with Crippen molar-refractivity contribution in [3.8, 4) is 5.75 Å². The fraction of sp³-hybridized carbons (Fsp3) is 0.364. The zero-order valence-electron chi connectivity index (χ0n) is 9.59. The number of fused-ring (bicyclic) bond motifs is 1. The van der Waals surface area contributed by atoms with Gasteiger partial charge in [-0.25, -0.2) is 4.98 Å². The molecule has 1 N–H and O–H groups in total. The van der Waals surface area contributed by atoms with E-state index in [9.17, 15) is 18.3 Å². The van der Waals surface area contributed by atoms with E-state index in [4.69, 9.17) is 0 Å². The fourth-order valence-corrected chi connectivity index (χ4v) is 2.34. The van der Waals surface area contributed by atoms with Crippen LogP contribution in [0.2, 0.25) is 0 Å². The first-order chi connectivity index (χ1) is 8.23. The molecule has 0 fully saturated rings. The second-order valence-electron chi connectivity index (χ2n) is 4.20. The van der Waals surface area contributed by atoms with E-state index in [0.29, 0.717) is 3.57 Å². The summed E-state index contributed by atoms with van der Waals surface area (Å²) in [6.07, 6.45) is -3.15. The van der Waals surface area contributed by atoms with Gasteiger partial charge in [0.2, 0.25) is 0 Å². The van der Waals surface area contributed by atoms with Crippen molar-refractivity contribution in [2.75, 3.05) is 0 Å².